The summed E-state index contributed by atoms with van der Waals surface area (Å²) in [5, 5.41) is -0.241. The monoisotopic (exact) mass is 447 g/mol. The van der Waals surface area contributed by atoms with E-state index >= 15 is 0 Å². The van der Waals surface area contributed by atoms with Crippen molar-refractivity contribution >= 4 is 44.9 Å². The molecule has 0 atom stereocenters. The maximum Gasteiger partial charge on any atom is 0.293 e. The van der Waals surface area contributed by atoms with E-state index in [0.29, 0.717) is 29.6 Å². The molecule has 1 aliphatic heterocycles. The van der Waals surface area contributed by atoms with Crippen molar-refractivity contribution in [2.75, 3.05) is 13.7 Å². The highest BCUT2D eigenvalue weighted by atomic mass is 79.9. The minimum Gasteiger partial charge on any atom is -0.493 e. The van der Waals surface area contributed by atoms with Crippen LogP contribution in [-0.4, -0.2) is 29.7 Å². The van der Waals surface area contributed by atoms with Crippen molar-refractivity contribution in [1.29, 1.82) is 0 Å². The van der Waals surface area contributed by atoms with Gasteiger partial charge in [0.25, 0.3) is 11.1 Å². The van der Waals surface area contributed by atoms with Gasteiger partial charge in [0, 0.05) is 11.0 Å². The number of amides is 2. The average molecular weight is 448 g/mol. The zero-order valence-electron chi connectivity index (χ0n) is 14.9. The zero-order chi connectivity index (χ0) is 19.4. The lowest BCUT2D eigenvalue weighted by atomic mass is 10.1. The number of halogens is 1. The third kappa shape index (κ3) is 4.54. The van der Waals surface area contributed by atoms with E-state index in [-0.39, 0.29) is 11.1 Å². The standard InChI is InChI=1S/C20H18BrNO4S/c1-3-22-19(23)18(27-20(22)24)11-14-6-9-16(17(10-14)25-2)26-12-13-4-7-15(21)8-5-13/h4-11H,3,12H2,1-2H3/b18-11-. The second kappa shape index (κ2) is 8.63. The largest absolute Gasteiger partial charge is 0.493 e. The number of imide groups is 1. The Kier molecular flexibility index (Phi) is 6.23. The summed E-state index contributed by atoms with van der Waals surface area (Å²) in [7, 11) is 1.57. The molecule has 5 nitrogen and oxygen atoms in total. The van der Waals surface area contributed by atoms with E-state index in [4.69, 9.17) is 9.47 Å². The summed E-state index contributed by atoms with van der Waals surface area (Å²) >= 11 is 4.36. The van der Waals surface area contributed by atoms with Crippen LogP contribution in [0, 0.1) is 0 Å². The molecule has 0 aromatic heterocycles. The fourth-order valence-corrected chi connectivity index (χ4v) is 3.73. The normalized spacial score (nSPS) is 15.5. The van der Waals surface area contributed by atoms with Gasteiger partial charge in [0.1, 0.15) is 6.61 Å². The molecule has 27 heavy (non-hydrogen) atoms. The molecule has 1 aliphatic rings. The van der Waals surface area contributed by atoms with Crippen molar-refractivity contribution < 1.29 is 19.1 Å². The molecule has 140 valence electrons. The predicted octanol–water partition coefficient (Wildman–Crippen LogP) is 5.09. The first-order chi connectivity index (χ1) is 13.0. The molecule has 0 aliphatic carbocycles. The van der Waals surface area contributed by atoms with Gasteiger partial charge in [-0.05, 0) is 60.2 Å². The number of ether oxygens (including phenoxy) is 2. The predicted molar refractivity (Wildman–Crippen MR) is 110 cm³/mol. The Morgan fingerprint density at radius 2 is 1.85 bits per heavy atom. The topological polar surface area (TPSA) is 55.8 Å². The minimum absolute atomic E-state index is 0.241. The second-order valence-electron chi connectivity index (χ2n) is 5.75. The van der Waals surface area contributed by atoms with Crippen molar-refractivity contribution in [3.8, 4) is 11.5 Å². The van der Waals surface area contributed by atoms with Crippen LogP contribution in [0.25, 0.3) is 6.08 Å². The summed E-state index contributed by atoms with van der Waals surface area (Å²) in [4.78, 5) is 25.7. The molecule has 2 amide bonds. The van der Waals surface area contributed by atoms with Crippen molar-refractivity contribution in [2.24, 2.45) is 0 Å². The quantitative estimate of drug-likeness (QED) is 0.576. The molecule has 0 radical (unpaired) electrons. The van der Waals surface area contributed by atoms with Crippen LogP contribution < -0.4 is 9.47 Å². The Morgan fingerprint density at radius 1 is 1.11 bits per heavy atom. The molecule has 0 N–H and O–H groups in total. The number of methoxy groups -OCH3 is 1. The number of carbonyl (C=O) groups excluding carboxylic acids is 2. The van der Waals surface area contributed by atoms with Crippen LogP contribution in [0.1, 0.15) is 18.1 Å². The SMILES string of the molecule is CCN1C(=O)S/C(=C\c2ccc(OCc3ccc(Br)cc3)c(OC)c2)C1=O. The number of rotatable bonds is 6. The van der Waals surface area contributed by atoms with Gasteiger partial charge in [-0.1, -0.05) is 34.1 Å². The second-order valence-corrected chi connectivity index (χ2v) is 7.66. The van der Waals surface area contributed by atoms with Gasteiger partial charge in [0.2, 0.25) is 0 Å². The molecule has 7 heteroatoms. The lowest BCUT2D eigenvalue weighted by molar-refractivity contribution is -0.122. The van der Waals surface area contributed by atoms with E-state index in [1.165, 1.54) is 4.90 Å². The van der Waals surface area contributed by atoms with Crippen LogP contribution in [0.15, 0.2) is 51.8 Å². The van der Waals surface area contributed by atoms with E-state index < -0.39 is 0 Å². The van der Waals surface area contributed by atoms with Crippen molar-refractivity contribution in [1.82, 2.24) is 4.90 Å². The Hall–Kier alpha value is -2.25. The van der Waals surface area contributed by atoms with E-state index in [1.807, 2.05) is 30.3 Å². The van der Waals surface area contributed by atoms with Gasteiger partial charge in [-0.25, -0.2) is 0 Å². The van der Waals surface area contributed by atoms with Gasteiger partial charge in [-0.3, -0.25) is 14.5 Å². The highest BCUT2D eigenvalue weighted by Crippen LogP contribution is 2.34. The Morgan fingerprint density at radius 3 is 2.48 bits per heavy atom. The first-order valence-corrected chi connectivity index (χ1v) is 9.93. The molecular formula is C20H18BrNO4S. The number of hydrogen-bond acceptors (Lipinski definition) is 5. The first kappa shape index (κ1) is 19.5. The molecule has 1 heterocycles. The highest BCUT2D eigenvalue weighted by molar-refractivity contribution is 9.10. The number of hydrogen-bond donors (Lipinski definition) is 0. The van der Waals surface area contributed by atoms with Gasteiger partial charge >= 0.3 is 0 Å². The maximum absolute atomic E-state index is 12.2. The Labute approximate surface area is 170 Å². The van der Waals surface area contributed by atoms with Crippen LogP contribution in [0.2, 0.25) is 0 Å². The molecular weight excluding hydrogens is 430 g/mol. The van der Waals surface area contributed by atoms with Crippen molar-refractivity contribution in [3.05, 3.63) is 63.0 Å². The van der Waals surface area contributed by atoms with Gasteiger partial charge in [0.05, 0.1) is 12.0 Å². The third-order valence-electron chi connectivity index (χ3n) is 3.98. The molecule has 0 saturated carbocycles. The van der Waals surface area contributed by atoms with Crippen LogP contribution in [-0.2, 0) is 11.4 Å². The Balaban J connectivity index is 1.76. The van der Waals surface area contributed by atoms with Gasteiger partial charge < -0.3 is 9.47 Å². The summed E-state index contributed by atoms with van der Waals surface area (Å²) < 4.78 is 12.3. The maximum atomic E-state index is 12.2. The molecule has 3 rings (SSSR count). The number of benzene rings is 2. The molecule has 1 fully saturated rings. The molecule has 0 unspecified atom stereocenters. The van der Waals surface area contributed by atoms with Gasteiger partial charge in [-0.2, -0.15) is 0 Å². The summed E-state index contributed by atoms with van der Waals surface area (Å²) in [6.45, 7) is 2.56. The van der Waals surface area contributed by atoms with Crippen LogP contribution in [0.4, 0.5) is 4.79 Å². The van der Waals surface area contributed by atoms with Crippen LogP contribution in [0.5, 0.6) is 11.5 Å². The summed E-state index contributed by atoms with van der Waals surface area (Å²) in [6.07, 6.45) is 1.70. The van der Waals surface area contributed by atoms with Crippen LogP contribution in [0.3, 0.4) is 0 Å². The number of likely N-dealkylation sites (N-methyl/N-ethyl adjacent to an activating group) is 1. The fourth-order valence-electron chi connectivity index (χ4n) is 2.56. The number of carbonyl (C=O) groups is 2. The smallest absolute Gasteiger partial charge is 0.293 e. The molecule has 2 aromatic rings. The van der Waals surface area contributed by atoms with Gasteiger partial charge in [0.15, 0.2) is 11.5 Å². The summed E-state index contributed by atoms with van der Waals surface area (Å²) in [5.74, 6) is 0.914. The third-order valence-corrected chi connectivity index (χ3v) is 5.42. The average Bonchev–Trinajstić information content (AvgIpc) is 2.94. The molecule has 1 saturated heterocycles. The first-order valence-electron chi connectivity index (χ1n) is 8.32. The van der Waals surface area contributed by atoms with Crippen molar-refractivity contribution in [2.45, 2.75) is 13.5 Å². The van der Waals surface area contributed by atoms with E-state index in [0.717, 1.165) is 27.4 Å². The fraction of sp³-hybridized carbons (Fsp3) is 0.200. The highest BCUT2D eigenvalue weighted by Gasteiger charge is 2.33. The van der Waals surface area contributed by atoms with Gasteiger partial charge in [-0.15, -0.1) is 0 Å². The summed E-state index contributed by atoms with van der Waals surface area (Å²) in [5.41, 5.74) is 1.81. The molecule has 2 aromatic carbocycles. The lowest BCUT2D eigenvalue weighted by Gasteiger charge is -2.12. The molecule has 0 bridgehead atoms. The van der Waals surface area contributed by atoms with E-state index in [2.05, 4.69) is 15.9 Å². The summed E-state index contributed by atoms with van der Waals surface area (Å²) in [6, 6.07) is 13.3. The van der Waals surface area contributed by atoms with Crippen LogP contribution >= 0.6 is 27.7 Å². The number of thioether (sulfide) groups is 1. The lowest BCUT2D eigenvalue weighted by Crippen LogP contribution is -2.27. The van der Waals surface area contributed by atoms with Crippen molar-refractivity contribution in [3.63, 3.8) is 0 Å². The Bertz CT molecular complexity index is 895. The minimum atomic E-state index is -0.262. The van der Waals surface area contributed by atoms with E-state index in [1.54, 1.807) is 32.2 Å². The zero-order valence-corrected chi connectivity index (χ0v) is 17.3. The van der Waals surface area contributed by atoms with E-state index in [9.17, 15) is 9.59 Å². The number of nitrogens with zero attached hydrogens (tertiary/aromatic N) is 1. The molecule has 0 spiro atoms.